The molecule has 0 aliphatic rings. The molecule has 1 aromatic rings. The Morgan fingerprint density at radius 3 is 2.85 bits per heavy atom. The van der Waals surface area contributed by atoms with Crippen LogP contribution in [0.4, 0.5) is 0 Å². The van der Waals surface area contributed by atoms with Crippen molar-refractivity contribution in [3.8, 4) is 0 Å². The Balaban J connectivity index is 2.69. The number of carbonyl (C=O) groups excluding carboxylic acids is 1. The smallest absolute Gasteiger partial charge is 0.310 e. The second kappa shape index (κ2) is 4.50. The van der Waals surface area contributed by atoms with E-state index >= 15 is 0 Å². The molecule has 0 spiro atoms. The lowest BCUT2D eigenvalue weighted by Gasteiger charge is -1.94. The van der Waals surface area contributed by atoms with Crippen molar-refractivity contribution >= 4 is 28.4 Å². The normalized spacial score (nSPS) is 12.5. The molecule has 0 fully saturated rings. The maximum Gasteiger partial charge on any atom is 0.310 e. The van der Waals surface area contributed by atoms with Crippen LogP contribution in [0.1, 0.15) is 4.88 Å². The average molecular weight is 220 g/mol. The molecule has 0 saturated heterocycles. The molecule has 0 amide bonds. The predicted octanol–water partition coefficient (Wildman–Crippen LogP) is 1.04. The Morgan fingerprint density at radius 1 is 1.69 bits per heavy atom. The summed E-state index contributed by atoms with van der Waals surface area (Å²) in [4.78, 5) is 11.5. The van der Waals surface area contributed by atoms with Gasteiger partial charge in [0, 0.05) is 4.88 Å². The Hall–Kier alpha value is -0.720. The van der Waals surface area contributed by atoms with Gasteiger partial charge in [-0.3, -0.25) is 4.79 Å². The van der Waals surface area contributed by atoms with Crippen molar-refractivity contribution in [2.24, 2.45) is 0 Å². The summed E-state index contributed by atoms with van der Waals surface area (Å²) in [6, 6.07) is 3.17. The minimum atomic E-state index is -1.96. The first-order valence-electron chi connectivity index (χ1n) is 3.40. The Bertz CT molecular complexity index is 331. The fourth-order valence-corrected chi connectivity index (χ4v) is 2.27. The summed E-state index contributed by atoms with van der Waals surface area (Å²) in [5.74, 6) is -0.350. The van der Waals surface area contributed by atoms with Crippen LogP contribution in [0.15, 0.2) is 16.3 Å². The number of methoxy groups -OCH3 is 1. The number of hydrogen-bond acceptors (Lipinski definition) is 4. The van der Waals surface area contributed by atoms with E-state index in [1.165, 1.54) is 13.2 Å². The summed E-state index contributed by atoms with van der Waals surface area (Å²) in [7, 11) is 1.31. The molecule has 0 saturated carbocycles. The zero-order valence-electron chi connectivity index (χ0n) is 6.85. The summed E-state index contributed by atoms with van der Waals surface area (Å²) >= 11 is -0.825. The minimum Gasteiger partial charge on any atom is -0.469 e. The monoisotopic (exact) mass is 220 g/mol. The average Bonchev–Trinajstić information content (AvgIpc) is 2.52. The highest BCUT2D eigenvalue weighted by Crippen LogP contribution is 2.19. The predicted molar refractivity (Wildman–Crippen MR) is 49.1 cm³/mol. The Kier molecular flexibility index (Phi) is 3.58. The van der Waals surface area contributed by atoms with Crippen molar-refractivity contribution in [1.29, 1.82) is 0 Å². The van der Waals surface area contributed by atoms with Gasteiger partial charge < -0.3 is 9.29 Å². The molecule has 0 radical (unpaired) electrons. The first-order valence-corrected chi connectivity index (χ1v) is 5.32. The first kappa shape index (κ1) is 10.4. The summed E-state index contributed by atoms with van der Waals surface area (Å²) in [6.07, 6.45) is 0.151. The highest BCUT2D eigenvalue weighted by molar-refractivity contribution is 7.81. The van der Waals surface area contributed by atoms with Gasteiger partial charge in [0.1, 0.15) is 4.21 Å². The van der Waals surface area contributed by atoms with Crippen LogP contribution >= 0.6 is 11.3 Å². The zero-order valence-corrected chi connectivity index (χ0v) is 8.48. The van der Waals surface area contributed by atoms with Crippen molar-refractivity contribution in [1.82, 2.24) is 0 Å². The van der Waals surface area contributed by atoms with Gasteiger partial charge in [0.15, 0.2) is 11.1 Å². The van der Waals surface area contributed by atoms with Crippen LogP contribution in [0.5, 0.6) is 0 Å². The number of carbonyl (C=O) groups is 1. The van der Waals surface area contributed by atoms with Gasteiger partial charge in [-0.1, -0.05) is 0 Å². The molecule has 1 atom stereocenters. The molecule has 1 rings (SSSR count). The van der Waals surface area contributed by atoms with E-state index in [-0.39, 0.29) is 12.4 Å². The minimum absolute atomic E-state index is 0.151. The molecule has 0 aliphatic heterocycles. The quantitative estimate of drug-likeness (QED) is 0.610. The SMILES string of the molecule is COC(=O)Cc1ccc(S(=O)O)s1. The molecular formula is C7H8O4S2. The van der Waals surface area contributed by atoms with Crippen molar-refractivity contribution in [3.05, 3.63) is 17.0 Å². The summed E-state index contributed by atoms with van der Waals surface area (Å²) in [5, 5.41) is 0. The van der Waals surface area contributed by atoms with Crippen molar-refractivity contribution in [2.75, 3.05) is 7.11 Å². The van der Waals surface area contributed by atoms with Crippen LogP contribution in [0.2, 0.25) is 0 Å². The molecule has 0 aromatic carbocycles. The van der Waals surface area contributed by atoms with Crippen LogP contribution in [-0.2, 0) is 27.0 Å². The lowest BCUT2D eigenvalue weighted by molar-refractivity contribution is -0.139. The largest absolute Gasteiger partial charge is 0.469 e. The molecule has 1 aromatic heterocycles. The maximum absolute atomic E-state index is 10.8. The number of esters is 1. The third kappa shape index (κ3) is 2.91. The number of hydrogen-bond donors (Lipinski definition) is 1. The molecule has 0 aliphatic carbocycles. The van der Waals surface area contributed by atoms with Gasteiger partial charge in [0.2, 0.25) is 0 Å². The van der Waals surface area contributed by atoms with Crippen LogP contribution in [0, 0.1) is 0 Å². The van der Waals surface area contributed by atoms with Crippen molar-refractivity contribution in [3.63, 3.8) is 0 Å². The molecule has 1 N–H and O–H groups in total. The van der Waals surface area contributed by atoms with E-state index < -0.39 is 11.1 Å². The van der Waals surface area contributed by atoms with Crippen LogP contribution in [0.25, 0.3) is 0 Å². The van der Waals surface area contributed by atoms with Crippen molar-refractivity contribution in [2.45, 2.75) is 10.6 Å². The van der Waals surface area contributed by atoms with Crippen molar-refractivity contribution < 1.29 is 18.3 Å². The molecule has 6 heteroatoms. The number of thiophene rings is 1. The van der Waals surface area contributed by atoms with Gasteiger partial charge in [0.05, 0.1) is 13.5 Å². The van der Waals surface area contributed by atoms with E-state index in [0.29, 0.717) is 4.21 Å². The molecule has 72 valence electrons. The molecular weight excluding hydrogens is 212 g/mol. The number of ether oxygens (including phenoxy) is 1. The summed E-state index contributed by atoms with van der Waals surface area (Å²) in [6.45, 7) is 0. The second-order valence-corrected chi connectivity index (χ2v) is 4.59. The maximum atomic E-state index is 10.8. The Labute approximate surface area is 81.8 Å². The Morgan fingerprint density at radius 2 is 2.38 bits per heavy atom. The van der Waals surface area contributed by atoms with E-state index in [2.05, 4.69) is 4.74 Å². The van der Waals surface area contributed by atoms with Crippen LogP contribution in [0.3, 0.4) is 0 Å². The molecule has 4 nitrogen and oxygen atoms in total. The summed E-state index contributed by atoms with van der Waals surface area (Å²) in [5.41, 5.74) is 0. The molecule has 13 heavy (non-hydrogen) atoms. The van der Waals surface area contributed by atoms with E-state index in [0.717, 1.165) is 16.2 Å². The second-order valence-electron chi connectivity index (χ2n) is 2.22. The van der Waals surface area contributed by atoms with Gasteiger partial charge in [-0.25, -0.2) is 4.21 Å². The van der Waals surface area contributed by atoms with Gasteiger partial charge in [-0.15, -0.1) is 11.3 Å². The summed E-state index contributed by atoms with van der Waals surface area (Å²) < 4.78 is 24.1. The van der Waals surface area contributed by atoms with E-state index in [1.807, 2.05) is 0 Å². The highest BCUT2D eigenvalue weighted by Gasteiger charge is 2.08. The fraction of sp³-hybridized carbons (Fsp3) is 0.286. The van der Waals surface area contributed by atoms with E-state index in [1.54, 1.807) is 6.07 Å². The van der Waals surface area contributed by atoms with Gasteiger partial charge >= 0.3 is 5.97 Å². The first-order chi connectivity index (χ1) is 6.13. The van der Waals surface area contributed by atoms with Gasteiger partial charge in [-0.05, 0) is 12.1 Å². The topological polar surface area (TPSA) is 63.6 Å². The van der Waals surface area contributed by atoms with Gasteiger partial charge in [0.25, 0.3) is 0 Å². The fourth-order valence-electron chi connectivity index (χ4n) is 0.762. The lowest BCUT2D eigenvalue weighted by Crippen LogP contribution is -2.02. The number of rotatable bonds is 3. The third-order valence-corrected chi connectivity index (χ3v) is 3.39. The third-order valence-electron chi connectivity index (χ3n) is 1.36. The van der Waals surface area contributed by atoms with Gasteiger partial charge in [-0.2, -0.15) is 0 Å². The molecule has 1 unspecified atom stereocenters. The lowest BCUT2D eigenvalue weighted by atomic mass is 10.3. The van der Waals surface area contributed by atoms with E-state index in [4.69, 9.17) is 4.55 Å². The van der Waals surface area contributed by atoms with Crippen LogP contribution in [-0.4, -0.2) is 21.8 Å². The molecule has 0 bridgehead atoms. The molecule has 1 heterocycles. The highest BCUT2D eigenvalue weighted by atomic mass is 32.2. The van der Waals surface area contributed by atoms with E-state index in [9.17, 15) is 9.00 Å². The zero-order chi connectivity index (χ0) is 9.84. The van der Waals surface area contributed by atoms with Crippen LogP contribution < -0.4 is 0 Å². The standard InChI is InChI=1S/C7H8O4S2/c1-11-6(8)4-5-2-3-7(12-5)13(9)10/h2-3H,4H2,1H3,(H,9,10).